The highest BCUT2D eigenvalue weighted by Crippen LogP contribution is 2.30. The third kappa shape index (κ3) is 3.33. The molecule has 3 nitrogen and oxygen atoms in total. The average Bonchev–Trinajstić information content (AvgIpc) is 2.98. The van der Waals surface area contributed by atoms with Crippen molar-refractivity contribution in [2.45, 2.75) is 37.5 Å². The predicted octanol–water partition coefficient (Wildman–Crippen LogP) is 1.51. The van der Waals surface area contributed by atoms with Crippen LogP contribution < -0.4 is 5.32 Å². The van der Waals surface area contributed by atoms with E-state index in [1.54, 1.807) is 0 Å². The Balaban J connectivity index is 1.73. The highest BCUT2D eigenvalue weighted by molar-refractivity contribution is 4.94. The van der Waals surface area contributed by atoms with Crippen molar-refractivity contribution in [2.75, 3.05) is 19.6 Å². The van der Waals surface area contributed by atoms with E-state index >= 15 is 0 Å². The van der Waals surface area contributed by atoms with Gasteiger partial charge in [-0.1, -0.05) is 0 Å². The van der Waals surface area contributed by atoms with Crippen molar-refractivity contribution in [3.05, 3.63) is 0 Å². The summed E-state index contributed by atoms with van der Waals surface area (Å²) in [4.78, 5) is 2.33. The molecule has 1 saturated heterocycles. The van der Waals surface area contributed by atoms with E-state index < -0.39 is 12.1 Å². The maximum absolute atomic E-state index is 12.3. The van der Waals surface area contributed by atoms with Crippen molar-refractivity contribution in [2.24, 2.45) is 5.92 Å². The van der Waals surface area contributed by atoms with Gasteiger partial charge < -0.3 is 5.32 Å². The smallest absolute Gasteiger partial charge is 0.311 e. The highest BCUT2D eigenvalue weighted by Gasteiger charge is 2.40. The fraction of sp³-hybridized carbons (Fsp3) is 0.909. The molecule has 0 spiro atoms. The van der Waals surface area contributed by atoms with Gasteiger partial charge in [-0.15, -0.1) is 0 Å². The van der Waals surface area contributed by atoms with Crippen LogP contribution in [0.25, 0.3) is 0 Å². The summed E-state index contributed by atoms with van der Waals surface area (Å²) in [6, 6.07) is 2.08. The van der Waals surface area contributed by atoms with Gasteiger partial charge >= 0.3 is 6.18 Å². The molecular weight excluding hydrogens is 231 g/mol. The topological polar surface area (TPSA) is 39.1 Å². The first-order chi connectivity index (χ1) is 8.00. The number of likely N-dealkylation sites (tertiary alicyclic amines) is 1. The Hall–Kier alpha value is -0.800. The standard InChI is InChI=1S/C11H16F3N3/c12-11(13,14)8(5-15)6-16-9-3-4-17(7-9)10-1-2-10/h8-10,16H,1-4,6-7H2. The summed E-state index contributed by atoms with van der Waals surface area (Å²) in [6.07, 6.45) is -1.10. The molecule has 0 aromatic carbocycles. The number of hydrogen-bond acceptors (Lipinski definition) is 3. The van der Waals surface area contributed by atoms with Crippen LogP contribution in [-0.4, -0.2) is 42.8 Å². The van der Waals surface area contributed by atoms with Crippen LogP contribution in [0.4, 0.5) is 13.2 Å². The van der Waals surface area contributed by atoms with E-state index in [4.69, 9.17) is 5.26 Å². The first kappa shape index (κ1) is 12.7. The Morgan fingerprint density at radius 3 is 2.59 bits per heavy atom. The molecule has 1 aliphatic heterocycles. The van der Waals surface area contributed by atoms with Gasteiger partial charge in [0, 0.05) is 31.7 Å². The summed E-state index contributed by atoms with van der Waals surface area (Å²) in [5, 5.41) is 11.3. The van der Waals surface area contributed by atoms with Gasteiger partial charge in [0.15, 0.2) is 5.92 Å². The third-order valence-electron chi connectivity index (χ3n) is 3.44. The van der Waals surface area contributed by atoms with Crippen molar-refractivity contribution in [1.82, 2.24) is 10.2 Å². The van der Waals surface area contributed by atoms with E-state index in [9.17, 15) is 13.2 Å². The Labute approximate surface area is 98.6 Å². The lowest BCUT2D eigenvalue weighted by Gasteiger charge is -2.18. The fourth-order valence-corrected chi connectivity index (χ4v) is 2.24. The summed E-state index contributed by atoms with van der Waals surface area (Å²) < 4.78 is 37.0. The lowest BCUT2D eigenvalue weighted by atomic mass is 10.1. The van der Waals surface area contributed by atoms with Crippen molar-refractivity contribution in [3.63, 3.8) is 0 Å². The molecular formula is C11H16F3N3. The zero-order valence-electron chi connectivity index (χ0n) is 9.50. The van der Waals surface area contributed by atoms with Gasteiger partial charge in [-0.25, -0.2) is 0 Å². The van der Waals surface area contributed by atoms with E-state index in [0.717, 1.165) is 19.5 Å². The molecule has 2 aliphatic rings. The van der Waals surface area contributed by atoms with Gasteiger partial charge in [-0.3, -0.25) is 4.90 Å². The lowest BCUT2D eigenvalue weighted by Crippen LogP contribution is -2.39. The second-order valence-electron chi connectivity index (χ2n) is 4.84. The molecule has 96 valence electrons. The second kappa shape index (κ2) is 4.83. The molecule has 2 unspecified atom stereocenters. The van der Waals surface area contributed by atoms with Crippen LogP contribution in [0.2, 0.25) is 0 Å². The van der Waals surface area contributed by atoms with Gasteiger partial charge in [-0.2, -0.15) is 18.4 Å². The second-order valence-corrected chi connectivity index (χ2v) is 4.84. The molecule has 2 rings (SSSR count). The Morgan fingerprint density at radius 1 is 1.35 bits per heavy atom. The van der Waals surface area contributed by atoms with Gasteiger partial charge in [-0.05, 0) is 19.3 Å². The average molecular weight is 247 g/mol. The maximum atomic E-state index is 12.3. The number of alkyl halides is 3. The summed E-state index contributed by atoms with van der Waals surface area (Å²) >= 11 is 0. The number of nitriles is 1. The SMILES string of the molecule is N#CC(CNC1CCN(C2CC2)C1)C(F)(F)F. The predicted molar refractivity (Wildman–Crippen MR) is 56.2 cm³/mol. The van der Waals surface area contributed by atoms with Crippen LogP contribution in [0.5, 0.6) is 0 Å². The molecule has 0 radical (unpaired) electrons. The number of rotatable bonds is 4. The largest absolute Gasteiger partial charge is 0.405 e. The van der Waals surface area contributed by atoms with Gasteiger partial charge in [0.2, 0.25) is 0 Å². The molecule has 1 heterocycles. The van der Waals surface area contributed by atoms with E-state index in [1.165, 1.54) is 18.9 Å². The summed E-state index contributed by atoms with van der Waals surface area (Å²) in [7, 11) is 0. The van der Waals surface area contributed by atoms with E-state index in [0.29, 0.717) is 6.04 Å². The monoisotopic (exact) mass is 247 g/mol. The Morgan fingerprint density at radius 2 is 2.06 bits per heavy atom. The molecule has 0 aromatic heterocycles. The molecule has 1 aliphatic carbocycles. The third-order valence-corrected chi connectivity index (χ3v) is 3.44. The summed E-state index contributed by atoms with van der Waals surface area (Å²) in [5.41, 5.74) is 0. The van der Waals surface area contributed by atoms with Crippen LogP contribution in [-0.2, 0) is 0 Å². The van der Waals surface area contributed by atoms with E-state index in [2.05, 4.69) is 10.2 Å². The number of nitrogens with zero attached hydrogens (tertiary/aromatic N) is 2. The molecule has 0 bridgehead atoms. The Kier molecular flexibility index (Phi) is 3.59. The van der Waals surface area contributed by atoms with Crippen molar-refractivity contribution in [1.29, 1.82) is 5.26 Å². The van der Waals surface area contributed by atoms with Crippen LogP contribution in [0, 0.1) is 17.2 Å². The lowest BCUT2D eigenvalue weighted by molar-refractivity contribution is -0.157. The van der Waals surface area contributed by atoms with Crippen LogP contribution in [0.3, 0.4) is 0 Å². The highest BCUT2D eigenvalue weighted by atomic mass is 19.4. The summed E-state index contributed by atoms with van der Waals surface area (Å²) in [5.74, 6) is -1.89. The minimum Gasteiger partial charge on any atom is -0.311 e. The van der Waals surface area contributed by atoms with Crippen molar-refractivity contribution in [3.8, 4) is 6.07 Å². The zero-order chi connectivity index (χ0) is 12.5. The normalized spacial score (nSPS) is 28.0. The molecule has 0 amide bonds. The van der Waals surface area contributed by atoms with Crippen molar-refractivity contribution >= 4 is 0 Å². The van der Waals surface area contributed by atoms with E-state index in [-0.39, 0.29) is 12.6 Å². The first-order valence-electron chi connectivity index (χ1n) is 5.94. The molecule has 6 heteroatoms. The van der Waals surface area contributed by atoms with E-state index in [1.807, 2.05) is 0 Å². The molecule has 0 aromatic rings. The van der Waals surface area contributed by atoms with Crippen molar-refractivity contribution < 1.29 is 13.2 Å². The molecule has 2 atom stereocenters. The molecule has 1 N–H and O–H groups in total. The first-order valence-corrected chi connectivity index (χ1v) is 5.94. The zero-order valence-corrected chi connectivity index (χ0v) is 9.50. The van der Waals surface area contributed by atoms with Crippen LogP contribution >= 0.6 is 0 Å². The van der Waals surface area contributed by atoms with Gasteiger partial charge in [0.25, 0.3) is 0 Å². The molecule has 1 saturated carbocycles. The fourth-order valence-electron chi connectivity index (χ4n) is 2.24. The minimum absolute atomic E-state index is 0.105. The number of hydrogen-bond donors (Lipinski definition) is 1. The number of nitrogens with one attached hydrogen (secondary N) is 1. The quantitative estimate of drug-likeness (QED) is 0.818. The molecule has 2 fully saturated rings. The van der Waals surface area contributed by atoms with Gasteiger partial charge in [0.05, 0.1) is 6.07 Å². The minimum atomic E-state index is -4.42. The Bertz CT molecular complexity index is 306. The maximum Gasteiger partial charge on any atom is 0.405 e. The summed E-state index contributed by atoms with van der Waals surface area (Å²) in [6.45, 7) is 1.50. The number of halogens is 3. The van der Waals surface area contributed by atoms with Crippen LogP contribution in [0.15, 0.2) is 0 Å². The van der Waals surface area contributed by atoms with Crippen LogP contribution in [0.1, 0.15) is 19.3 Å². The molecule has 17 heavy (non-hydrogen) atoms. The van der Waals surface area contributed by atoms with Gasteiger partial charge in [0.1, 0.15) is 0 Å².